The summed E-state index contributed by atoms with van der Waals surface area (Å²) in [7, 11) is 3.06. The van der Waals surface area contributed by atoms with Gasteiger partial charge in [-0.15, -0.1) is 11.8 Å². The number of carbonyl (C=O) groups is 3. The first kappa shape index (κ1) is 32.6. The predicted octanol–water partition coefficient (Wildman–Crippen LogP) is 6.26. The zero-order valence-corrected chi connectivity index (χ0v) is 28.3. The highest BCUT2D eigenvalue weighted by Gasteiger charge is 2.70. The van der Waals surface area contributed by atoms with Crippen molar-refractivity contribution < 1.29 is 37.0 Å². The Morgan fingerprint density at radius 3 is 2.28 bits per heavy atom. The summed E-state index contributed by atoms with van der Waals surface area (Å²) in [5.41, 5.74) is -0.0217. The molecule has 1 saturated heterocycles. The smallest absolute Gasteiger partial charge is 0.418 e. The topological polar surface area (TPSA) is 107 Å². The lowest BCUT2D eigenvalue weighted by Crippen LogP contribution is -2.43. The van der Waals surface area contributed by atoms with Gasteiger partial charge < -0.3 is 14.8 Å². The number of alkyl halides is 3. The molecule has 2 aliphatic heterocycles. The van der Waals surface area contributed by atoms with Gasteiger partial charge in [-0.25, -0.2) is 0 Å². The number of methoxy groups -OCH3 is 2. The Kier molecular flexibility index (Phi) is 7.86. The predicted molar refractivity (Wildman–Crippen MR) is 181 cm³/mol. The van der Waals surface area contributed by atoms with Crippen LogP contribution in [0.1, 0.15) is 28.3 Å². The van der Waals surface area contributed by atoms with Crippen LogP contribution in [-0.2, 0) is 27.1 Å². The first-order valence-corrected chi connectivity index (χ1v) is 17.7. The second-order valence-electron chi connectivity index (χ2n) is 12.9. The van der Waals surface area contributed by atoms with Crippen molar-refractivity contribution in [2.24, 2.45) is 29.6 Å². The molecule has 3 heterocycles. The van der Waals surface area contributed by atoms with Crippen LogP contribution in [0, 0.1) is 29.6 Å². The average molecular weight is 722 g/mol. The Morgan fingerprint density at radius 2 is 1.58 bits per heavy atom. The van der Waals surface area contributed by atoms with E-state index >= 15 is 0 Å². The van der Waals surface area contributed by atoms with E-state index in [2.05, 4.69) is 5.32 Å². The van der Waals surface area contributed by atoms with Gasteiger partial charge in [0.1, 0.15) is 6.54 Å². The lowest BCUT2D eigenvalue weighted by Gasteiger charge is -2.43. The van der Waals surface area contributed by atoms with Gasteiger partial charge in [0.05, 0.1) is 48.0 Å². The second-order valence-corrected chi connectivity index (χ2v) is 15.1. The maximum atomic E-state index is 14.0. The monoisotopic (exact) mass is 721 g/mol. The Bertz CT molecular complexity index is 2100. The maximum Gasteiger partial charge on any atom is 0.418 e. The largest absolute Gasteiger partial charge is 0.493 e. The van der Waals surface area contributed by atoms with Gasteiger partial charge in [-0.2, -0.15) is 13.2 Å². The fraction of sp³-hybridized carbons (Fsp3) is 0.333. The number of imide groups is 1. The molecular weight excluding hydrogens is 692 g/mol. The number of anilines is 2. The third kappa shape index (κ3) is 4.97. The number of hydrogen-bond donors (Lipinski definition) is 1. The van der Waals surface area contributed by atoms with E-state index in [9.17, 15) is 32.3 Å². The molecule has 0 radical (unpaired) electrons. The van der Waals surface area contributed by atoms with Crippen LogP contribution < -0.4 is 24.6 Å². The summed E-state index contributed by atoms with van der Waals surface area (Å²) < 4.78 is 53.4. The number of carbonyl (C=O) groups excluding carboxylic acids is 3. The van der Waals surface area contributed by atoms with Crippen molar-refractivity contribution in [1.82, 2.24) is 4.57 Å². The van der Waals surface area contributed by atoms with Gasteiger partial charge in [0.25, 0.3) is 0 Å². The number of hydrogen-bond acceptors (Lipinski definition) is 8. The van der Waals surface area contributed by atoms with E-state index in [-0.39, 0.29) is 40.7 Å². The molecule has 3 fully saturated rings. The molecule has 4 aromatic rings. The Hall–Kier alpha value is -4.56. The highest BCUT2D eigenvalue weighted by atomic mass is 32.2. The number of ether oxygens (including phenoxy) is 2. The summed E-state index contributed by atoms with van der Waals surface area (Å²) in [4.78, 5) is 56.6. The molecule has 2 saturated carbocycles. The van der Waals surface area contributed by atoms with Crippen LogP contribution >= 0.6 is 23.1 Å². The van der Waals surface area contributed by atoms with Crippen LogP contribution in [0.2, 0.25) is 0 Å². The van der Waals surface area contributed by atoms with E-state index in [4.69, 9.17) is 9.47 Å². The molecule has 7 unspecified atom stereocenters. The first-order valence-electron chi connectivity index (χ1n) is 16.0. The van der Waals surface area contributed by atoms with Crippen LogP contribution in [0.25, 0.3) is 0 Å². The van der Waals surface area contributed by atoms with Gasteiger partial charge in [-0.05, 0) is 66.1 Å². The zero-order chi connectivity index (χ0) is 35.1. The molecule has 2 aliphatic carbocycles. The number of para-hydroxylation sites is 2. The minimum absolute atomic E-state index is 0.122. The normalized spacial score (nSPS) is 26.4. The summed E-state index contributed by atoms with van der Waals surface area (Å²) in [6.45, 7) is -0.501. The SMILES string of the molecule is COc1ccc(C2c3sc(=O)n(CC(=O)Nc4ccccc4C(F)(F)F)c3SC3C4CC(C5C(=O)N(c6ccccc6)C(=O)C45)C23)cc1OC. The standard InChI is InChI=1S/C36H30F3N3O6S2/c1-47-23-13-12-17(14-24(23)48-2)26-27-19-15-20(29-28(19)32(44)42(33(29)45)18-8-4-3-5-9-18)30(27)49-34-31(26)50-35(46)41(34)16-25(43)40-22-11-7-6-10-21(22)36(37,38)39/h3-14,19-20,26-30H,15-16H2,1-2H3,(H,40,43). The van der Waals surface area contributed by atoms with E-state index in [1.807, 2.05) is 18.2 Å². The van der Waals surface area contributed by atoms with Crippen molar-refractivity contribution in [3.63, 3.8) is 0 Å². The molecular formula is C36H30F3N3O6S2. The molecule has 14 heteroatoms. The van der Waals surface area contributed by atoms with Crippen molar-refractivity contribution in [3.05, 3.63) is 98.5 Å². The van der Waals surface area contributed by atoms with Crippen molar-refractivity contribution in [1.29, 1.82) is 0 Å². The summed E-state index contributed by atoms with van der Waals surface area (Å²) in [5.74, 6) is -2.05. The zero-order valence-electron chi connectivity index (χ0n) is 26.7. The Morgan fingerprint density at radius 1 is 0.900 bits per heavy atom. The van der Waals surface area contributed by atoms with E-state index in [1.165, 1.54) is 53.6 Å². The average Bonchev–Trinajstić information content (AvgIpc) is 3.82. The lowest BCUT2D eigenvalue weighted by atomic mass is 9.68. The van der Waals surface area contributed by atoms with Crippen LogP contribution in [0.15, 0.2) is 82.6 Å². The molecule has 258 valence electrons. The molecule has 2 bridgehead atoms. The fourth-order valence-corrected chi connectivity index (χ4v) is 11.8. The van der Waals surface area contributed by atoms with Crippen molar-refractivity contribution >= 4 is 52.2 Å². The van der Waals surface area contributed by atoms with Crippen LogP contribution in [0.3, 0.4) is 0 Å². The summed E-state index contributed by atoms with van der Waals surface area (Å²) in [6, 6.07) is 19.1. The fourth-order valence-electron chi connectivity index (χ4n) is 8.68. The maximum absolute atomic E-state index is 14.0. The number of thioether (sulfide) groups is 1. The molecule has 7 atom stereocenters. The van der Waals surface area contributed by atoms with Crippen molar-refractivity contribution in [2.75, 3.05) is 24.4 Å². The van der Waals surface area contributed by atoms with Gasteiger partial charge in [0.2, 0.25) is 17.7 Å². The van der Waals surface area contributed by atoms with Crippen LogP contribution in [0.5, 0.6) is 11.5 Å². The Balaban J connectivity index is 1.19. The van der Waals surface area contributed by atoms with E-state index in [1.54, 1.807) is 30.3 Å². The molecule has 3 aromatic carbocycles. The number of rotatable bonds is 7. The number of halogens is 3. The molecule has 0 spiro atoms. The summed E-state index contributed by atoms with van der Waals surface area (Å²) in [5, 5.41) is 2.72. The van der Waals surface area contributed by atoms with Gasteiger partial charge in [-0.1, -0.05) is 47.7 Å². The van der Waals surface area contributed by atoms with Gasteiger partial charge in [0, 0.05) is 16.0 Å². The van der Waals surface area contributed by atoms with Gasteiger partial charge >= 0.3 is 11.0 Å². The van der Waals surface area contributed by atoms with Crippen LogP contribution in [-0.4, -0.2) is 41.8 Å². The van der Waals surface area contributed by atoms with E-state index in [0.717, 1.165) is 23.0 Å². The minimum atomic E-state index is -4.69. The van der Waals surface area contributed by atoms with E-state index in [0.29, 0.717) is 33.5 Å². The highest BCUT2D eigenvalue weighted by molar-refractivity contribution is 8.00. The van der Waals surface area contributed by atoms with Crippen molar-refractivity contribution in [3.8, 4) is 11.5 Å². The third-order valence-electron chi connectivity index (χ3n) is 10.5. The molecule has 8 rings (SSSR count). The number of benzene rings is 3. The number of fused-ring (bicyclic) bond motifs is 9. The highest BCUT2D eigenvalue weighted by Crippen LogP contribution is 2.69. The van der Waals surface area contributed by atoms with E-state index < -0.39 is 46.6 Å². The summed E-state index contributed by atoms with van der Waals surface area (Å²) >= 11 is 2.43. The molecule has 3 amide bonds. The van der Waals surface area contributed by atoms with Gasteiger partial charge in [-0.3, -0.25) is 28.6 Å². The van der Waals surface area contributed by atoms with Crippen LogP contribution in [0.4, 0.5) is 24.5 Å². The first-order chi connectivity index (χ1) is 24.0. The lowest BCUT2D eigenvalue weighted by molar-refractivity contribution is -0.137. The molecule has 50 heavy (non-hydrogen) atoms. The number of aromatic nitrogens is 1. The Labute approximate surface area is 292 Å². The molecule has 9 nitrogen and oxygen atoms in total. The molecule has 1 N–H and O–H groups in total. The number of nitrogens with zero attached hydrogens (tertiary/aromatic N) is 2. The second kappa shape index (κ2) is 12.0. The quantitative estimate of drug-likeness (QED) is 0.225. The van der Waals surface area contributed by atoms with Gasteiger partial charge in [0.15, 0.2) is 11.5 Å². The number of nitrogens with one attached hydrogen (secondary N) is 1. The number of amides is 3. The summed E-state index contributed by atoms with van der Waals surface area (Å²) in [6.07, 6.45) is -4.02. The molecule has 4 aliphatic rings. The third-order valence-corrected chi connectivity index (χ3v) is 13.3. The minimum Gasteiger partial charge on any atom is -0.493 e. The molecule has 1 aromatic heterocycles. The van der Waals surface area contributed by atoms with Crippen molar-refractivity contribution in [2.45, 2.75) is 35.3 Å². The number of thiazole rings is 1.